The lowest BCUT2D eigenvalue weighted by Crippen LogP contribution is -2.36. The average Bonchev–Trinajstić information content (AvgIpc) is 3.21. The average molecular weight is 441 g/mol. The molecule has 0 aliphatic heterocycles. The first-order valence-electron chi connectivity index (χ1n) is 9.42. The molecule has 2 N–H and O–H groups in total. The van der Waals surface area contributed by atoms with Crippen molar-refractivity contribution in [1.29, 1.82) is 0 Å². The van der Waals surface area contributed by atoms with Crippen molar-refractivity contribution in [2.75, 3.05) is 0 Å². The van der Waals surface area contributed by atoms with Crippen LogP contribution < -0.4 is 11.1 Å². The maximum Gasteiger partial charge on any atom is 0.314 e. The molecule has 0 amide bonds. The molecular formula is C20H19N5O5S. The van der Waals surface area contributed by atoms with Crippen LogP contribution in [0, 0.1) is 0 Å². The summed E-state index contributed by atoms with van der Waals surface area (Å²) in [6, 6.07) is 12.8. The predicted octanol–water partition coefficient (Wildman–Crippen LogP) is 1.87. The Labute approximate surface area is 176 Å². The Balaban J connectivity index is 1.68. The van der Waals surface area contributed by atoms with E-state index in [-0.39, 0.29) is 22.8 Å². The van der Waals surface area contributed by atoms with E-state index in [1.54, 1.807) is 13.8 Å². The van der Waals surface area contributed by atoms with E-state index in [0.717, 1.165) is 5.56 Å². The second kappa shape index (κ2) is 7.93. The molecule has 2 aromatic carbocycles. The lowest BCUT2D eigenvalue weighted by atomic mass is 10.2. The van der Waals surface area contributed by atoms with Crippen molar-refractivity contribution in [2.24, 2.45) is 0 Å². The van der Waals surface area contributed by atoms with Crippen LogP contribution in [0.3, 0.4) is 0 Å². The monoisotopic (exact) mass is 441 g/mol. The number of H-pyrrole nitrogens is 2. The summed E-state index contributed by atoms with van der Waals surface area (Å²) in [7, 11) is -3.98. The molecule has 160 valence electrons. The number of hydrogen-bond donors (Lipinski definition) is 2. The highest BCUT2D eigenvalue weighted by Crippen LogP contribution is 2.24. The van der Waals surface area contributed by atoms with Crippen LogP contribution in [0.2, 0.25) is 0 Å². The molecule has 31 heavy (non-hydrogen) atoms. The van der Waals surface area contributed by atoms with Gasteiger partial charge in [-0.05, 0) is 44.2 Å². The van der Waals surface area contributed by atoms with E-state index in [9.17, 15) is 18.0 Å². The lowest BCUT2D eigenvalue weighted by molar-refractivity contribution is 0.313. The van der Waals surface area contributed by atoms with Crippen LogP contribution in [0.25, 0.3) is 22.5 Å². The minimum Gasteiger partial charge on any atom is -0.419 e. The quantitative estimate of drug-likeness (QED) is 0.435. The maximum absolute atomic E-state index is 13.3. The van der Waals surface area contributed by atoms with Crippen molar-refractivity contribution < 1.29 is 12.8 Å². The van der Waals surface area contributed by atoms with Gasteiger partial charge in [0.15, 0.2) is 0 Å². The molecule has 0 saturated heterocycles. The summed E-state index contributed by atoms with van der Waals surface area (Å²) in [6.07, 6.45) is 0. The van der Waals surface area contributed by atoms with E-state index < -0.39 is 27.2 Å². The van der Waals surface area contributed by atoms with Crippen molar-refractivity contribution in [1.82, 2.24) is 24.5 Å². The molecule has 0 atom stereocenters. The first-order chi connectivity index (χ1) is 14.8. The molecule has 0 unspecified atom stereocenters. The minimum absolute atomic E-state index is 0.0424. The molecule has 2 aromatic heterocycles. The van der Waals surface area contributed by atoms with E-state index in [1.165, 1.54) is 22.5 Å². The van der Waals surface area contributed by atoms with Crippen molar-refractivity contribution in [3.05, 3.63) is 75.1 Å². The number of benzene rings is 2. The maximum atomic E-state index is 13.3. The van der Waals surface area contributed by atoms with Gasteiger partial charge in [-0.3, -0.25) is 9.59 Å². The number of rotatable bonds is 6. The summed E-state index contributed by atoms with van der Waals surface area (Å²) >= 11 is 0. The summed E-state index contributed by atoms with van der Waals surface area (Å²) in [5.41, 5.74) is -0.408. The highest BCUT2D eigenvalue weighted by molar-refractivity contribution is 7.89. The molecule has 2 heterocycles. The van der Waals surface area contributed by atoms with E-state index in [1.807, 2.05) is 30.3 Å². The second-order valence-electron chi connectivity index (χ2n) is 7.13. The summed E-state index contributed by atoms with van der Waals surface area (Å²) in [4.78, 5) is 27.8. The van der Waals surface area contributed by atoms with Gasteiger partial charge in [0.05, 0.1) is 22.5 Å². The number of nitrogens with zero attached hydrogens (tertiary/aromatic N) is 3. The molecule has 0 aliphatic rings. The van der Waals surface area contributed by atoms with Crippen molar-refractivity contribution in [3.63, 3.8) is 0 Å². The van der Waals surface area contributed by atoms with Crippen LogP contribution in [0.5, 0.6) is 0 Å². The predicted molar refractivity (Wildman–Crippen MR) is 113 cm³/mol. The highest BCUT2D eigenvalue weighted by Gasteiger charge is 2.29. The van der Waals surface area contributed by atoms with Gasteiger partial charge >= 0.3 is 11.1 Å². The summed E-state index contributed by atoms with van der Waals surface area (Å²) in [6.45, 7) is 3.33. The summed E-state index contributed by atoms with van der Waals surface area (Å²) in [5.74, 6) is 0.443. The van der Waals surface area contributed by atoms with Crippen LogP contribution >= 0.6 is 0 Å². The van der Waals surface area contributed by atoms with Crippen LogP contribution in [0.4, 0.5) is 0 Å². The number of fused-ring (bicyclic) bond motifs is 1. The van der Waals surface area contributed by atoms with E-state index >= 15 is 0 Å². The summed E-state index contributed by atoms with van der Waals surface area (Å²) in [5, 5.41) is 7.98. The van der Waals surface area contributed by atoms with Gasteiger partial charge in [-0.25, -0.2) is 8.42 Å². The number of sulfonamides is 1. The van der Waals surface area contributed by atoms with Gasteiger partial charge in [0.2, 0.25) is 21.8 Å². The van der Waals surface area contributed by atoms with E-state index in [0.29, 0.717) is 11.4 Å². The normalized spacial score (nSPS) is 12.1. The van der Waals surface area contributed by atoms with Crippen LogP contribution in [0.1, 0.15) is 19.7 Å². The Bertz CT molecular complexity index is 1450. The Morgan fingerprint density at radius 3 is 2.32 bits per heavy atom. The fourth-order valence-electron chi connectivity index (χ4n) is 3.08. The SMILES string of the molecule is CC(C)N(Cc1nnc(-c2ccccc2)o1)S(=O)(=O)c1ccc2[nH]c(=O)c(=O)[nH]c2c1. The summed E-state index contributed by atoms with van der Waals surface area (Å²) < 4.78 is 33.5. The number of aromatic amines is 2. The molecule has 11 heteroatoms. The zero-order chi connectivity index (χ0) is 22.2. The third kappa shape index (κ3) is 4.05. The Morgan fingerprint density at radius 1 is 0.968 bits per heavy atom. The van der Waals surface area contributed by atoms with Gasteiger partial charge in [0, 0.05) is 11.6 Å². The number of nitrogens with one attached hydrogen (secondary N) is 2. The van der Waals surface area contributed by atoms with Crippen LogP contribution in [0.15, 0.2) is 67.4 Å². The first-order valence-corrected chi connectivity index (χ1v) is 10.9. The van der Waals surface area contributed by atoms with Gasteiger partial charge in [-0.15, -0.1) is 10.2 Å². The second-order valence-corrected chi connectivity index (χ2v) is 9.02. The molecule has 4 aromatic rings. The molecule has 0 radical (unpaired) electrons. The number of hydrogen-bond acceptors (Lipinski definition) is 7. The Kier molecular flexibility index (Phi) is 5.29. The van der Waals surface area contributed by atoms with Gasteiger partial charge in [-0.2, -0.15) is 4.31 Å². The van der Waals surface area contributed by atoms with E-state index in [2.05, 4.69) is 20.2 Å². The van der Waals surface area contributed by atoms with Gasteiger partial charge in [0.1, 0.15) is 0 Å². The van der Waals surface area contributed by atoms with Gasteiger partial charge in [-0.1, -0.05) is 18.2 Å². The fourth-order valence-corrected chi connectivity index (χ4v) is 4.70. The molecular weight excluding hydrogens is 422 g/mol. The molecule has 0 aliphatic carbocycles. The van der Waals surface area contributed by atoms with Crippen molar-refractivity contribution >= 4 is 21.1 Å². The van der Waals surface area contributed by atoms with Crippen molar-refractivity contribution in [2.45, 2.75) is 31.3 Å². The smallest absolute Gasteiger partial charge is 0.314 e. The molecule has 4 rings (SSSR count). The topological polar surface area (TPSA) is 142 Å². The van der Waals surface area contributed by atoms with Crippen LogP contribution in [-0.4, -0.2) is 38.9 Å². The highest BCUT2D eigenvalue weighted by atomic mass is 32.2. The Hall–Kier alpha value is -3.57. The zero-order valence-corrected chi connectivity index (χ0v) is 17.5. The fraction of sp³-hybridized carbons (Fsp3) is 0.200. The molecule has 10 nitrogen and oxygen atoms in total. The zero-order valence-electron chi connectivity index (χ0n) is 16.7. The third-order valence-corrected chi connectivity index (χ3v) is 6.67. The van der Waals surface area contributed by atoms with Gasteiger partial charge in [0.25, 0.3) is 0 Å². The standard InChI is InChI=1S/C20H19N5O5S/c1-12(2)25(11-17-23-24-20(30-17)13-6-4-3-5-7-13)31(28,29)14-8-9-15-16(10-14)22-19(27)18(26)21-15/h3-10,12H,11H2,1-2H3,(H,21,26)(H,22,27). The minimum atomic E-state index is -3.98. The lowest BCUT2D eigenvalue weighted by Gasteiger charge is -2.24. The van der Waals surface area contributed by atoms with Gasteiger partial charge < -0.3 is 14.4 Å². The van der Waals surface area contributed by atoms with Crippen LogP contribution in [-0.2, 0) is 16.6 Å². The number of aromatic nitrogens is 4. The first kappa shape index (κ1) is 20.7. The largest absolute Gasteiger partial charge is 0.419 e. The molecule has 0 saturated carbocycles. The molecule has 0 spiro atoms. The van der Waals surface area contributed by atoms with Crippen molar-refractivity contribution in [3.8, 4) is 11.5 Å². The van der Waals surface area contributed by atoms with E-state index in [4.69, 9.17) is 4.42 Å². The third-order valence-electron chi connectivity index (χ3n) is 4.65. The molecule has 0 fully saturated rings. The Morgan fingerprint density at radius 2 is 1.65 bits per heavy atom. The molecule has 0 bridgehead atoms.